The molecular weight excluding hydrogens is 412 g/mol. The number of rotatable bonds is 1. The topological polar surface area (TPSA) is 69.8 Å². The Morgan fingerprint density at radius 1 is 1.19 bits per heavy atom. The molecule has 3 aromatic rings. The second kappa shape index (κ2) is 6.86. The summed E-state index contributed by atoms with van der Waals surface area (Å²) in [4.78, 5) is 2.07. The Morgan fingerprint density at radius 2 is 2.00 bits per heavy atom. The van der Waals surface area contributed by atoms with Gasteiger partial charge in [-0.2, -0.15) is 5.26 Å². The van der Waals surface area contributed by atoms with Crippen molar-refractivity contribution in [1.82, 2.24) is 19.9 Å². The third-order valence-corrected chi connectivity index (χ3v) is 5.02. The summed E-state index contributed by atoms with van der Waals surface area (Å²) in [5, 5.41) is 21.0. The molecule has 2 aromatic carbocycles. The number of benzene rings is 2. The van der Waals surface area contributed by atoms with Crippen LogP contribution in [0.1, 0.15) is 16.8 Å². The van der Waals surface area contributed by atoms with Gasteiger partial charge in [0.2, 0.25) is 0 Å². The lowest BCUT2D eigenvalue weighted by atomic mass is 10.2. The molecule has 0 atom stereocenters. The Morgan fingerprint density at radius 3 is 2.77 bits per heavy atom. The molecule has 1 aromatic heterocycles. The fourth-order valence-electron chi connectivity index (χ4n) is 2.87. The fourth-order valence-corrected chi connectivity index (χ4v) is 3.46. The van der Waals surface area contributed by atoms with E-state index in [1.165, 1.54) is 0 Å². The van der Waals surface area contributed by atoms with Crippen LogP contribution in [0.25, 0.3) is 5.69 Å². The summed E-state index contributed by atoms with van der Waals surface area (Å²) in [7, 11) is 0. The van der Waals surface area contributed by atoms with Crippen molar-refractivity contribution in [3.8, 4) is 11.8 Å². The molecule has 0 fully saturated rings. The van der Waals surface area contributed by atoms with Gasteiger partial charge < -0.3 is 10.2 Å². The van der Waals surface area contributed by atoms with E-state index in [2.05, 4.69) is 48.6 Å². The summed E-state index contributed by atoms with van der Waals surface area (Å²) in [5.74, 6) is 0. The van der Waals surface area contributed by atoms with Gasteiger partial charge in [0.15, 0.2) is 5.11 Å². The third-order valence-electron chi connectivity index (χ3n) is 4.16. The zero-order valence-electron chi connectivity index (χ0n) is 13.6. The van der Waals surface area contributed by atoms with Crippen molar-refractivity contribution in [2.75, 3.05) is 5.32 Å². The van der Waals surface area contributed by atoms with Gasteiger partial charge in [-0.1, -0.05) is 27.2 Å². The summed E-state index contributed by atoms with van der Waals surface area (Å²) in [6.45, 7) is 1.26. The van der Waals surface area contributed by atoms with Crippen molar-refractivity contribution in [3.05, 3.63) is 70.0 Å². The Kier molecular flexibility index (Phi) is 4.41. The maximum atomic E-state index is 8.91. The van der Waals surface area contributed by atoms with Gasteiger partial charge in [0.1, 0.15) is 0 Å². The number of hydrogen-bond donors (Lipinski definition) is 1. The predicted octanol–water partition coefficient (Wildman–Crippen LogP) is 3.61. The number of halogens is 1. The standard InChI is InChI=1S/C18H13BrN6S/c19-14-4-3-13-10-24(11-16-9-21-23-25(16)17(13)7-14)18(26)22-15-5-1-12(8-20)2-6-15/h1-7,9H,10-11H2,(H,22,26). The van der Waals surface area contributed by atoms with Gasteiger partial charge in [0.05, 0.1) is 35.8 Å². The molecule has 26 heavy (non-hydrogen) atoms. The molecule has 2 heterocycles. The molecule has 0 saturated carbocycles. The second-order valence-electron chi connectivity index (χ2n) is 5.89. The quantitative estimate of drug-likeness (QED) is 0.601. The molecule has 0 radical (unpaired) electrons. The first-order chi connectivity index (χ1) is 12.6. The minimum Gasteiger partial charge on any atom is -0.339 e. The van der Waals surface area contributed by atoms with Crippen molar-refractivity contribution in [2.24, 2.45) is 0 Å². The van der Waals surface area contributed by atoms with E-state index in [9.17, 15) is 0 Å². The Balaban J connectivity index is 1.62. The summed E-state index contributed by atoms with van der Waals surface area (Å²) >= 11 is 9.15. The van der Waals surface area contributed by atoms with E-state index >= 15 is 0 Å². The number of nitrogens with zero attached hydrogens (tertiary/aromatic N) is 5. The minimum atomic E-state index is 0.599. The zero-order valence-corrected chi connectivity index (χ0v) is 16.0. The van der Waals surface area contributed by atoms with E-state index in [-0.39, 0.29) is 0 Å². The number of fused-ring (bicyclic) bond motifs is 3. The smallest absolute Gasteiger partial charge is 0.174 e. The van der Waals surface area contributed by atoms with Crippen molar-refractivity contribution < 1.29 is 0 Å². The number of nitriles is 1. The molecule has 1 aliphatic rings. The molecule has 0 bridgehead atoms. The molecule has 1 N–H and O–H groups in total. The molecule has 0 amide bonds. The normalized spacial score (nSPS) is 12.5. The lowest BCUT2D eigenvalue weighted by Crippen LogP contribution is -2.33. The maximum Gasteiger partial charge on any atom is 0.174 e. The van der Waals surface area contributed by atoms with Crippen LogP contribution in [0.4, 0.5) is 5.69 Å². The summed E-state index contributed by atoms with van der Waals surface area (Å²) in [5.41, 5.74) is 4.54. The molecule has 6 nitrogen and oxygen atoms in total. The Labute approximate surface area is 164 Å². The van der Waals surface area contributed by atoms with Gasteiger partial charge in [-0.05, 0) is 54.2 Å². The van der Waals surface area contributed by atoms with Crippen molar-refractivity contribution in [1.29, 1.82) is 5.26 Å². The van der Waals surface area contributed by atoms with Crippen LogP contribution in [0.2, 0.25) is 0 Å². The summed E-state index contributed by atoms with van der Waals surface area (Å²) in [6, 6.07) is 15.4. The second-order valence-corrected chi connectivity index (χ2v) is 7.19. The van der Waals surface area contributed by atoms with Crippen molar-refractivity contribution >= 4 is 38.9 Å². The first-order valence-electron chi connectivity index (χ1n) is 7.88. The number of aromatic nitrogens is 3. The third kappa shape index (κ3) is 3.19. The van der Waals surface area contributed by atoms with E-state index in [4.69, 9.17) is 17.5 Å². The number of thiocarbonyl (C=S) groups is 1. The van der Waals surface area contributed by atoms with Gasteiger partial charge in [0, 0.05) is 16.7 Å². The van der Waals surface area contributed by atoms with Crippen molar-refractivity contribution in [2.45, 2.75) is 13.1 Å². The first kappa shape index (κ1) is 16.7. The van der Waals surface area contributed by atoms with E-state index < -0.39 is 0 Å². The van der Waals surface area contributed by atoms with Crippen LogP contribution in [0, 0.1) is 11.3 Å². The lowest BCUT2D eigenvalue weighted by Gasteiger charge is -2.24. The molecule has 4 rings (SSSR count). The molecular formula is C18H13BrN6S. The molecule has 1 aliphatic heterocycles. The SMILES string of the molecule is N#Cc1ccc(NC(=S)N2Cc3ccc(Br)cc3-n3nncc3C2)cc1. The Bertz CT molecular complexity index is 1020. The van der Waals surface area contributed by atoms with Crippen LogP contribution in [-0.2, 0) is 13.1 Å². The monoisotopic (exact) mass is 424 g/mol. The Hall–Kier alpha value is -2.76. The van der Waals surface area contributed by atoms with Crippen LogP contribution < -0.4 is 5.32 Å². The average molecular weight is 425 g/mol. The van der Waals surface area contributed by atoms with E-state index in [0.29, 0.717) is 23.8 Å². The minimum absolute atomic E-state index is 0.599. The van der Waals surface area contributed by atoms with Gasteiger partial charge in [0.25, 0.3) is 0 Å². The maximum absolute atomic E-state index is 8.91. The number of nitrogens with one attached hydrogen (secondary N) is 1. The van der Waals surface area contributed by atoms with Crippen LogP contribution in [0.15, 0.2) is 53.1 Å². The predicted molar refractivity (Wildman–Crippen MR) is 106 cm³/mol. The summed E-state index contributed by atoms with van der Waals surface area (Å²) in [6.07, 6.45) is 1.76. The summed E-state index contributed by atoms with van der Waals surface area (Å²) < 4.78 is 2.84. The van der Waals surface area contributed by atoms with Crippen LogP contribution in [0.5, 0.6) is 0 Å². The highest BCUT2D eigenvalue weighted by molar-refractivity contribution is 9.10. The van der Waals surface area contributed by atoms with Crippen LogP contribution >= 0.6 is 28.1 Å². The van der Waals surface area contributed by atoms with Gasteiger partial charge in [-0.25, -0.2) is 4.68 Å². The molecule has 0 aliphatic carbocycles. The van der Waals surface area contributed by atoms with Crippen LogP contribution in [-0.4, -0.2) is 25.0 Å². The van der Waals surface area contributed by atoms with Gasteiger partial charge in [-0.3, -0.25) is 0 Å². The zero-order chi connectivity index (χ0) is 18.1. The van der Waals surface area contributed by atoms with Crippen LogP contribution in [0.3, 0.4) is 0 Å². The van der Waals surface area contributed by atoms with Crippen molar-refractivity contribution in [3.63, 3.8) is 0 Å². The van der Waals surface area contributed by atoms with E-state index in [0.717, 1.165) is 27.1 Å². The number of hydrogen-bond acceptors (Lipinski definition) is 4. The average Bonchev–Trinajstić information content (AvgIpc) is 3.05. The van der Waals surface area contributed by atoms with Gasteiger partial charge in [-0.15, -0.1) is 5.10 Å². The first-order valence-corrected chi connectivity index (χ1v) is 9.08. The molecule has 8 heteroatoms. The molecule has 0 unspecified atom stereocenters. The molecule has 0 saturated heterocycles. The lowest BCUT2D eigenvalue weighted by molar-refractivity contribution is 0.413. The number of anilines is 1. The molecule has 0 spiro atoms. The highest BCUT2D eigenvalue weighted by Gasteiger charge is 2.22. The fraction of sp³-hybridized carbons (Fsp3) is 0.111. The van der Waals surface area contributed by atoms with E-state index in [1.54, 1.807) is 18.3 Å². The highest BCUT2D eigenvalue weighted by atomic mass is 79.9. The highest BCUT2D eigenvalue weighted by Crippen LogP contribution is 2.26. The van der Waals surface area contributed by atoms with E-state index in [1.807, 2.05) is 28.9 Å². The largest absolute Gasteiger partial charge is 0.339 e. The van der Waals surface area contributed by atoms with Gasteiger partial charge >= 0.3 is 0 Å². The molecule has 128 valence electrons.